The molecule has 0 unspecified atom stereocenters. The largest absolute Gasteiger partial charge is 0.481 e. The molecule has 0 saturated heterocycles. The van der Waals surface area contributed by atoms with Gasteiger partial charge in [0, 0.05) is 17.3 Å². The van der Waals surface area contributed by atoms with E-state index in [-0.39, 0.29) is 5.75 Å². The summed E-state index contributed by atoms with van der Waals surface area (Å²) in [5, 5.41) is 13.5. The lowest BCUT2D eigenvalue weighted by Crippen LogP contribution is -2.03. The highest BCUT2D eigenvalue weighted by Gasteiger charge is 2.12. The number of aryl methyl sites for hydroxylation is 1. The molecule has 0 fully saturated rings. The number of imidazole rings is 1. The third-order valence-corrected chi connectivity index (χ3v) is 3.86. The molecule has 2 aromatic rings. The zero-order chi connectivity index (χ0) is 12.3. The Hall–Kier alpha value is -1.27. The van der Waals surface area contributed by atoms with E-state index in [1.54, 1.807) is 11.3 Å². The molecule has 0 aromatic carbocycles. The first-order valence-corrected chi connectivity index (χ1v) is 7.09. The summed E-state index contributed by atoms with van der Waals surface area (Å²) >= 11 is 2.86. The first kappa shape index (κ1) is 12.2. The van der Waals surface area contributed by atoms with E-state index in [2.05, 4.69) is 11.9 Å². The van der Waals surface area contributed by atoms with Gasteiger partial charge >= 0.3 is 5.97 Å². The Bertz CT molecular complexity index is 506. The molecule has 0 aliphatic carbocycles. The summed E-state index contributed by atoms with van der Waals surface area (Å²) in [6, 6.07) is 2.01. The van der Waals surface area contributed by atoms with Crippen LogP contribution in [0.2, 0.25) is 0 Å². The van der Waals surface area contributed by atoms with Crippen molar-refractivity contribution in [3.05, 3.63) is 28.7 Å². The van der Waals surface area contributed by atoms with Gasteiger partial charge in [0.15, 0.2) is 5.16 Å². The van der Waals surface area contributed by atoms with Gasteiger partial charge in [0.2, 0.25) is 0 Å². The fourth-order valence-corrected chi connectivity index (χ4v) is 2.86. The number of nitrogens with zero attached hydrogens (tertiary/aromatic N) is 2. The second-order valence-electron chi connectivity index (χ2n) is 3.39. The lowest BCUT2D eigenvalue weighted by molar-refractivity contribution is -0.133. The SMILES string of the molecule is CCc1cnc(SCC(=O)O)n1-c1ccsc1. The lowest BCUT2D eigenvalue weighted by Gasteiger charge is -2.07. The molecular formula is C11H12N2O2S2. The normalized spacial score (nSPS) is 10.6. The molecule has 0 bridgehead atoms. The van der Waals surface area contributed by atoms with Crippen LogP contribution in [0.3, 0.4) is 0 Å². The molecular weight excluding hydrogens is 256 g/mol. The Labute approximate surface area is 107 Å². The fraction of sp³-hybridized carbons (Fsp3) is 0.273. The van der Waals surface area contributed by atoms with Crippen molar-refractivity contribution in [3.63, 3.8) is 0 Å². The van der Waals surface area contributed by atoms with Gasteiger partial charge in [0.25, 0.3) is 0 Å². The summed E-state index contributed by atoms with van der Waals surface area (Å²) in [5.74, 6) is -0.794. The van der Waals surface area contributed by atoms with E-state index in [0.29, 0.717) is 0 Å². The van der Waals surface area contributed by atoms with Crippen LogP contribution in [0.5, 0.6) is 0 Å². The highest BCUT2D eigenvalue weighted by molar-refractivity contribution is 7.99. The number of rotatable bonds is 5. The Kier molecular flexibility index (Phi) is 3.86. The predicted molar refractivity (Wildman–Crippen MR) is 69.2 cm³/mol. The number of carboxylic acids is 1. The maximum atomic E-state index is 10.6. The Morgan fingerprint density at radius 2 is 2.47 bits per heavy atom. The summed E-state index contributed by atoms with van der Waals surface area (Å²) in [4.78, 5) is 14.9. The van der Waals surface area contributed by atoms with Crippen molar-refractivity contribution in [2.75, 3.05) is 5.75 Å². The minimum absolute atomic E-state index is 0.0320. The molecule has 0 saturated carbocycles. The topological polar surface area (TPSA) is 55.1 Å². The Morgan fingerprint density at radius 3 is 3.06 bits per heavy atom. The van der Waals surface area contributed by atoms with Crippen LogP contribution in [-0.4, -0.2) is 26.4 Å². The van der Waals surface area contributed by atoms with Crippen molar-refractivity contribution >= 4 is 29.1 Å². The monoisotopic (exact) mass is 268 g/mol. The molecule has 2 rings (SSSR count). The molecule has 17 heavy (non-hydrogen) atoms. The lowest BCUT2D eigenvalue weighted by atomic mass is 10.3. The van der Waals surface area contributed by atoms with E-state index in [1.807, 2.05) is 27.6 Å². The molecule has 1 N–H and O–H groups in total. The minimum atomic E-state index is -0.826. The third kappa shape index (κ3) is 2.70. The number of carbonyl (C=O) groups is 1. The number of aromatic nitrogens is 2. The second kappa shape index (κ2) is 5.37. The molecule has 90 valence electrons. The van der Waals surface area contributed by atoms with E-state index >= 15 is 0 Å². The van der Waals surface area contributed by atoms with Crippen LogP contribution in [0, 0.1) is 0 Å². The molecule has 0 spiro atoms. The van der Waals surface area contributed by atoms with E-state index in [9.17, 15) is 4.79 Å². The summed E-state index contributed by atoms with van der Waals surface area (Å²) < 4.78 is 2.02. The van der Waals surface area contributed by atoms with Crippen molar-refractivity contribution < 1.29 is 9.90 Å². The summed E-state index contributed by atoms with van der Waals surface area (Å²) in [6.07, 6.45) is 2.68. The van der Waals surface area contributed by atoms with E-state index in [0.717, 1.165) is 23.0 Å². The number of hydrogen-bond acceptors (Lipinski definition) is 4. The smallest absolute Gasteiger partial charge is 0.313 e. The standard InChI is InChI=1S/C11H12N2O2S2/c1-2-8-5-12-11(17-7-10(14)15)13(8)9-3-4-16-6-9/h3-6H,2,7H2,1H3,(H,14,15). The van der Waals surface area contributed by atoms with Crippen LogP contribution in [0.1, 0.15) is 12.6 Å². The molecule has 6 heteroatoms. The highest BCUT2D eigenvalue weighted by Crippen LogP contribution is 2.24. The van der Waals surface area contributed by atoms with Crippen molar-refractivity contribution in [2.24, 2.45) is 0 Å². The molecule has 2 aromatic heterocycles. The van der Waals surface area contributed by atoms with Crippen LogP contribution < -0.4 is 0 Å². The summed E-state index contributed by atoms with van der Waals surface area (Å²) in [5.41, 5.74) is 2.15. The van der Waals surface area contributed by atoms with Crippen molar-refractivity contribution in [1.82, 2.24) is 9.55 Å². The van der Waals surface area contributed by atoms with Crippen LogP contribution in [-0.2, 0) is 11.2 Å². The van der Waals surface area contributed by atoms with Crippen LogP contribution in [0.25, 0.3) is 5.69 Å². The Morgan fingerprint density at radius 1 is 1.65 bits per heavy atom. The predicted octanol–water partition coefficient (Wildman–Crippen LogP) is 2.67. The average Bonchev–Trinajstić information content (AvgIpc) is 2.94. The van der Waals surface area contributed by atoms with E-state index in [1.165, 1.54) is 11.8 Å². The zero-order valence-corrected chi connectivity index (χ0v) is 10.9. The van der Waals surface area contributed by atoms with Gasteiger partial charge in [-0.2, -0.15) is 11.3 Å². The van der Waals surface area contributed by atoms with Gasteiger partial charge in [-0.05, 0) is 17.9 Å². The van der Waals surface area contributed by atoms with Crippen LogP contribution in [0.4, 0.5) is 0 Å². The van der Waals surface area contributed by atoms with E-state index in [4.69, 9.17) is 5.11 Å². The van der Waals surface area contributed by atoms with Gasteiger partial charge in [-0.25, -0.2) is 4.98 Å². The molecule has 4 nitrogen and oxygen atoms in total. The van der Waals surface area contributed by atoms with E-state index < -0.39 is 5.97 Å². The summed E-state index contributed by atoms with van der Waals surface area (Å²) in [6.45, 7) is 2.06. The molecule has 0 aliphatic heterocycles. The van der Waals surface area contributed by atoms with Gasteiger partial charge in [0.05, 0.1) is 11.4 Å². The quantitative estimate of drug-likeness (QED) is 0.847. The average molecular weight is 268 g/mol. The van der Waals surface area contributed by atoms with Gasteiger partial charge < -0.3 is 5.11 Å². The molecule has 0 amide bonds. The highest BCUT2D eigenvalue weighted by atomic mass is 32.2. The van der Waals surface area contributed by atoms with Crippen LogP contribution >= 0.6 is 23.1 Å². The number of thioether (sulfide) groups is 1. The minimum Gasteiger partial charge on any atom is -0.481 e. The first-order chi connectivity index (χ1) is 8.22. The van der Waals surface area contributed by atoms with Gasteiger partial charge in [-0.15, -0.1) is 0 Å². The van der Waals surface area contributed by atoms with Crippen molar-refractivity contribution in [2.45, 2.75) is 18.5 Å². The number of hydrogen-bond donors (Lipinski definition) is 1. The molecule has 0 atom stereocenters. The van der Waals surface area contributed by atoms with Crippen molar-refractivity contribution in [1.29, 1.82) is 0 Å². The number of thiophene rings is 1. The first-order valence-electron chi connectivity index (χ1n) is 5.16. The Balaban J connectivity index is 2.33. The molecule has 0 aliphatic rings. The van der Waals surface area contributed by atoms with Crippen LogP contribution in [0.15, 0.2) is 28.2 Å². The third-order valence-electron chi connectivity index (χ3n) is 2.25. The van der Waals surface area contributed by atoms with Gasteiger partial charge in [-0.3, -0.25) is 9.36 Å². The summed E-state index contributed by atoms with van der Waals surface area (Å²) in [7, 11) is 0. The maximum absolute atomic E-state index is 10.6. The molecule has 0 radical (unpaired) electrons. The number of aliphatic carboxylic acids is 1. The maximum Gasteiger partial charge on any atom is 0.313 e. The zero-order valence-electron chi connectivity index (χ0n) is 9.29. The molecule has 2 heterocycles. The second-order valence-corrected chi connectivity index (χ2v) is 5.11. The fourth-order valence-electron chi connectivity index (χ4n) is 1.51. The number of carboxylic acid groups (broad SMARTS) is 1. The van der Waals surface area contributed by atoms with Gasteiger partial charge in [-0.1, -0.05) is 18.7 Å². The van der Waals surface area contributed by atoms with Gasteiger partial charge in [0.1, 0.15) is 0 Å². The van der Waals surface area contributed by atoms with Crippen molar-refractivity contribution in [3.8, 4) is 5.69 Å².